The van der Waals surface area contributed by atoms with Gasteiger partial charge < -0.3 is 32.9 Å². The second-order valence-electron chi connectivity index (χ2n) is 20.7. The molecule has 12 heteroatoms. The summed E-state index contributed by atoms with van der Waals surface area (Å²) in [5.74, 6) is -0.330. The Morgan fingerprint density at radius 1 is 0.879 bits per heavy atom. The number of hydrogen-bond acceptors (Lipinski definition) is 9. The molecule has 3 aliphatic rings. The summed E-state index contributed by atoms with van der Waals surface area (Å²) in [5, 5.41) is 9.32. The van der Waals surface area contributed by atoms with Gasteiger partial charge in [-0.3, -0.25) is 0 Å². The Kier molecular flexibility index (Phi) is 17.0. The summed E-state index contributed by atoms with van der Waals surface area (Å²) in [7, 11) is -6.38. The van der Waals surface area contributed by atoms with Gasteiger partial charge in [-0.05, 0) is 111 Å². The van der Waals surface area contributed by atoms with Gasteiger partial charge in [-0.1, -0.05) is 79.3 Å². The predicted molar refractivity (Wildman–Crippen MR) is 240 cm³/mol. The predicted octanol–water partition coefficient (Wildman–Crippen LogP) is 9.98. The Labute approximate surface area is 355 Å². The number of benzene rings is 1. The van der Waals surface area contributed by atoms with Gasteiger partial charge in [0, 0.05) is 32.5 Å². The van der Waals surface area contributed by atoms with Crippen LogP contribution in [-0.4, -0.2) is 105 Å². The minimum Gasteiger partial charge on any atom is -0.414 e. The van der Waals surface area contributed by atoms with E-state index < -0.39 is 50.7 Å². The van der Waals surface area contributed by atoms with E-state index in [0.29, 0.717) is 24.3 Å². The lowest BCUT2D eigenvalue weighted by atomic mass is 9.83. The van der Waals surface area contributed by atoms with E-state index in [0.717, 1.165) is 55.2 Å². The minimum absolute atomic E-state index is 0.00147. The molecule has 3 aliphatic heterocycles. The van der Waals surface area contributed by atoms with E-state index in [2.05, 4.69) is 87.8 Å². The first kappa shape index (κ1) is 49.5. The van der Waals surface area contributed by atoms with Crippen molar-refractivity contribution in [1.29, 1.82) is 0 Å². The number of aliphatic hydroxyl groups is 1. The molecule has 0 unspecified atom stereocenters. The Balaban J connectivity index is 1.61. The summed E-state index contributed by atoms with van der Waals surface area (Å²) < 4.78 is 68.9. The van der Waals surface area contributed by atoms with Gasteiger partial charge in [0.2, 0.25) is 0 Å². The number of sulfone groups is 1. The van der Waals surface area contributed by atoms with Crippen LogP contribution in [-0.2, 0) is 37.6 Å². The highest BCUT2D eigenvalue weighted by molar-refractivity contribution is 7.91. The standard InChI is InChI=1S/C46H80O9SSi2/c1-31-18-21-38(22-19-31)56(48,49)30-39-42(28-41-34(4)32(2)25-36(53-41)20-23-40-33(3)26-35(52-40)17-16-24-47)54-43(44(39)50-11)27-37(55-58(14,15)46(8,9)10)29-51-57(12,13)45(5,6)7/h18-19,21-22,32,35-37,39-44,47H,3-4,16-17,20,23-30H2,1-2,5-15H3/t32-,35+,36+,37-,39+,40-,41-,42+,43-,44-/m1/s1. The maximum Gasteiger partial charge on any atom is 0.192 e. The Morgan fingerprint density at radius 2 is 1.50 bits per heavy atom. The Bertz CT molecular complexity index is 1610. The second kappa shape index (κ2) is 19.9. The molecule has 0 bridgehead atoms. The van der Waals surface area contributed by atoms with Crippen LogP contribution >= 0.6 is 0 Å². The smallest absolute Gasteiger partial charge is 0.192 e. The molecule has 3 heterocycles. The molecule has 0 spiro atoms. The van der Waals surface area contributed by atoms with Crippen LogP contribution in [0.3, 0.4) is 0 Å². The normalized spacial score (nSPS) is 29.7. The largest absolute Gasteiger partial charge is 0.414 e. The fourth-order valence-corrected chi connectivity index (χ4v) is 12.2. The molecule has 58 heavy (non-hydrogen) atoms. The molecule has 0 aliphatic carbocycles. The highest BCUT2D eigenvalue weighted by Gasteiger charge is 2.50. The van der Waals surface area contributed by atoms with Gasteiger partial charge in [0.25, 0.3) is 0 Å². The van der Waals surface area contributed by atoms with Crippen LogP contribution in [0.25, 0.3) is 0 Å². The van der Waals surface area contributed by atoms with Crippen molar-refractivity contribution >= 4 is 26.5 Å². The van der Waals surface area contributed by atoms with Crippen molar-refractivity contribution in [3.8, 4) is 0 Å². The van der Waals surface area contributed by atoms with Crippen LogP contribution in [0.2, 0.25) is 36.3 Å². The van der Waals surface area contributed by atoms with Crippen LogP contribution in [0.5, 0.6) is 0 Å². The molecule has 9 nitrogen and oxygen atoms in total. The zero-order valence-electron chi connectivity index (χ0n) is 38.4. The number of hydrogen-bond donors (Lipinski definition) is 1. The summed E-state index contributed by atoms with van der Waals surface area (Å²) >= 11 is 0. The first-order valence-corrected chi connectivity index (χ1v) is 29.3. The van der Waals surface area contributed by atoms with Crippen molar-refractivity contribution in [3.05, 3.63) is 54.1 Å². The molecular formula is C46H80O9SSi2. The van der Waals surface area contributed by atoms with Gasteiger partial charge in [-0.25, -0.2) is 8.42 Å². The minimum atomic E-state index is -3.69. The fourth-order valence-electron chi connectivity index (χ4n) is 8.20. The van der Waals surface area contributed by atoms with E-state index in [1.807, 2.05) is 19.1 Å². The number of methoxy groups -OCH3 is 1. The van der Waals surface area contributed by atoms with E-state index in [4.69, 9.17) is 27.8 Å². The highest BCUT2D eigenvalue weighted by Crippen LogP contribution is 2.44. The van der Waals surface area contributed by atoms with E-state index in [9.17, 15) is 13.5 Å². The quantitative estimate of drug-likeness (QED) is 0.107. The molecule has 332 valence electrons. The zero-order valence-corrected chi connectivity index (χ0v) is 41.2. The highest BCUT2D eigenvalue weighted by atomic mass is 32.2. The first-order valence-electron chi connectivity index (χ1n) is 21.9. The molecule has 1 N–H and O–H groups in total. The average Bonchev–Trinajstić information content (AvgIpc) is 3.63. The van der Waals surface area contributed by atoms with Crippen molar-refractivity contribution < 1.29 is 41.3 Å². The molecule has 10 atom stereocenters. The van der Waals surface area contributed by atoms with Crippen molar-refractivity contribution in [2.75, 3.05) is 26.1 Å². The fraction of sp³-hybridized carbons (Fsp3) is 0.783. The molecular weight excluding hydrogens is 785 g/mol. The molecule has 0 aromatic heterocycles. The van der Waals surface area contributed by atoms with E-state index in [1.54, 1.807) is 19.2 Å². The van der Waals surface area contributed by atoms with Crippen molar-refractivity contribution in [2.24, 2.45) is 11.8 Å². The third-order valence-corrected chi connectivity index (χ3v) is 24.9. The zero-order chi connectivity index (χ0) is 43.4. The maximum atomic E-state index is 14.2. The van der Waals surface area contributed by atoms with Gasteiger partial charge in [0.1, 0.15) is 0 Å². The van der Waals surface area contributed by atoms with Gasteiger partial charge in [-0.2, -0.15) is 0 Å². The average molecular weight is 865 g/mol. The number of aryl methyl sites for hydroxylation is 1. The Hall–Kier alpha value is -1.20. The van der Waals surface area contributed by atoms with Crippen molar-refractivity contribution in [2.45, 2.75) is 197 Å². The molecule has 0 radical (unpaired) electrons. The summed E-state index contributed by atoms with van der Waals surface area (Å²) in [6.07, 6.45) is 4.10. The molecule has 3 fully saturated rings. The third kappa shape index (κ3) is 12.7. The summed E-state index contributed by atoms with van der Waals surface area (Å²) in [5.41, 5.74) is 3.14. The van der Waals surface area contributed by atoms with Crippen molar-refractivity contribution in [1.82, 2.24) is 0 Å². The molecule has 0 saturated carbocycles. The van der Waals surface area contributed by atoms with E-state index in [1.165, 1.54) is 0 Å². The van der Waals surface area contributed by atoms with Gasteiger partial charge in [0.05, 0.1) is 66.1 Å². The topological polar surface area (TPSA) is 110 Å². The SMILES string of the molecule is C=C1C[C@H](CCCO)O[C@@H]1CC[C@H]1C[C@@H](C)C(=C)[C@@H](C[C@@H]2O[C@H](C[C@H](CO[Si](C)(C)C(C)(C)C)O[Si](C)(C)C(C)(C)C)[C@H](OC)[C@H]2CS(=O)(=O)c2ccc(C)cc2)O1. The summed E-state index contributed by atoms with van der Waals surface area (Å²) in [4.78, 5) is 0.304. The van der Waals surface area contributed by atoms with Gasteiger partial charge in [-0.15, -0.1) is 0 Å². The van der Waals surface area contributed by atoms with Gasteiger partial charge in [0.15, 0.2) is 26.5 Å². The molecule has 1 aromatic carbocycles. The van der Waals surface area contributed by atoms with Crippen LogP contribution in [0.15, 0.2) is 53.5 Å². The molecule has 3 saturated heterocycles. The van der Waals surface area contributed by atoms with E-state index in [-0.39, 0.29) is 58.9 Å². The molecule has 1 aromatic rings. The second-order valence-corrected chi connectivity index (χ2v) is 32.3. The van der Waals surface area contributed by atoms with Crippen molar-refractivity contribution in [3.63, 3.8) is 0 Å². The summed E-state index contributed by atoms with van der Waals surface area (Å²) in [6, 6.07) is 7.10. The summed E-state index contributed by atoms with van der Waals surface area (Å²) in [6.45, 7) is 36.1. The number of rotatable bonds is 19. The lowest BCUT2D eigenvalue weighted by Gasteiger charge is -2.42. The number of aliphatic hydroxyl groups excluding tert-OH is 1. The monoisotopic (exact) mass is 865 g/mol. The first-order chi connectivity index (χ1) is 26.8. The van der Waals surface area contributed by atoms with Crippen LogP contribution in [0, 0.1) is 18.8 Å². The maximum absolute atomic E-state index is 14.2. The Morgan fingerprint density at radius 3 is 2.09 bits per heavy atom. The van der Waals surface area contributed by atoms with Crippen LogP contribution < -0.4 is 0 Å². The lowest BCUT2D eigenvalue weighted by molar-refractivity contribution is -0.0782. The molecule has 0 amide bonds. The van der Waals surface area contributed by atoms with E-state index >= 15 is 0 Å². The number of ether oxygens (including phenoxy) is 4. The van der Waals surface area contributed by atoms with Crippen LogP contribution in [0.4, 0.5) is 0 Å². The van der Waals surface area contributed by atoms with Crippen LogP contribution in [0.1, 0.15) is 105 Å². The lowest BCUT2D eigenvalue weighted by Crippen LogP contribution is -2.49. The molecule has 4 rings (SSSR count). The third-order valence-electron chi connectivity index (χ3n) is 14.1. The van der Waals surface area contributed by atoms with Gasteiger partial charge >= 0.3 is 0 Å².